The molecule has 2 N–H and O–H groups in total. The Balaban J connectivity index is 1.57. The maximum Gasteiger partial charge on any atom is 0.237 e. The van der Waals surface area contributed by atoms with Gasteiger partial charge in [-0.05, 0) is 35.8 Å². The largest absolute Gasteiger partial charge is 0.352 e. The Morgan fingerprint density at radius 1 is 1.17 bits per heavy atom. The molecule has 0 bridgehead atoms. The molecule has 1 aromatic carbocycles. The number of carbonyl (C=O) groups is 1. The van der Waals surface area contributed by atoms with Crippen LogP contribution >= 0.6 is 0 Å². The lowest BCUT2D eigenvalue weighted by atomic mass is 9.82. The quantitative estimate of drug-likeness (QED) is 0.863. The first kappa shape index (κ1) is 17.5. The van der Waals surface area contributed by atoms with E-state index in [-0.39, 0.29) is 11.9 Å². The lowest BCUT2D eigenvalue weighted by molar-refractivity contribution is -0.124. The fourth-order valence-corrected chi connectivity index (χ4v) is 4.20. The van der Waals surface area contributed by atoms with Crippen LogP contribution in [0.25, 0.3) is 0 Å². The van der Waals surface area contributed by atoms with Gasteiger partial charge in [-0.3, -0.25) is 4.79 Å². The van der Waals surface area contributed by atoms with Crippen LogP contribution in [0.4, 0.5) is 0 Å². The summed E-state index contributed by atoms with van der Waals surface area (Å²) in [6.07, 6.45) is 8.75. The van der Waals surface area contributed by atoms with Crippen LogP contribution in [0.2, 0.25) is 0 Å². The van der Waals surface area contributed by atoms with E-state index in [9.17, 15) is 4.79 Å². The molecule has 3 heteroatoms. The second-order valence-electron chi connectivity index (χ2n) is 8.01. The molecule has 1 saturated carbocycles. The summed E-state index contributed by atoms with van der Waals surface area (Å²) in [6, 6.07) is 8.65. The van der Waals surface area contributed by atoms with Crippen LogP contribution in [0, 0.1) is 11.8 Å². The summed E-state index contributed by atoms with van der Waals surface area (Å²) in [5.74, 6) is 1.47. The van der Waals surface area contributed by atoms with Crippen LogP contribution < -0.4 is 10.6 Å². The van der Waals surface area contributed by atoms with Gasteiger partial charge in [-0.25, -0.2) is 0 Å². The Labute approximate surface area is 146 Å². The lowest BCUT2D eigenvalue weighted by Gasteiger charge is -2.32. The van der Waals surface area contributed by atoms with Gasteiger partial charge in [-0.15, -0.1) is 0 Å². The molecule has 1 aliphatic heterocycles. The molecule has 0 radical (unpaired) electrons. The molecule has 0 aromatic heterocycles. The highest BCUT2D eigenvalue weighted by atomic mass is 16.2. The standard InChI is InChI=1S/C21H32N2O/c1-15(2)19(12-16-8-4-3-5-9-16)23-21(24)20-13-17-10-6-7-11-18(17)14-22-20/h6-7,10-11,15-16,19-20,22H,3-5,8-9,12-14H2,1-2H3,(H,23,24)/t19-,20?/m1/s1. The number of hydrogen-bond acceptors (Lipinski definition) is 2. The average Bonchev–Trinajstić information content (AvgIpc) is 2.61. The van der Waals surface area contributed by atoms with E-state index < -0.39 is 0 Å². The minimum Gasteiger partial charge on any atom is -0.352 e. The fraction of sp³-hybridized carbons (Fsp3) is 0.667. The van der Waals surface area contributed by atoms with E-state index in [1.165, 1.54) is 43.2 Å². The summed E-state index contributed by atoms with van der Waals surface area (Å²) in [6.45, 7) is 5.26. The zero-order valence-electron chi connectivity index (χ0n) is 15.2. The highest BCUT2D eigenvalue weighted by molar-refractivity contribution is 5.82. The second-order valence-corrected chi connectivity index (χ2v) is 8.01. The molecule has 0 spiro atoms. The normalized spacial score (nSPS) is 22.9. The van der Waals surface area contributed by atoms with Gasteiger partial charge in [0.25, 0.3) is 0 Å². The molecule has 132 valence electrons. The summed E-state index contributed by atoms with van der Waals surface area (Å²) < 4.78 is 0. The van der Waals surface area contributed by atoms with Gasteiger partial charge < -0.3 is 10.6 Å². The molecule has 1 fully saturated rings. The molecule has 24 heavy (non-hydrogen) atoms. The SMILES string of the molecule is CC(C)[C@@H](CC1CCCCC1)NC(=O)C1Cc2ccccc2CN1. The highest BCUT2D eigenvalue weighted by Gasteiger charge is 2.28. The van der Waals surface area contributed by atoms with Crippen molar-refractivity contribution in [2.24, 2.45) is 11.8 Å². The summed E-state index contributed by atoms with van der Waals surface area (Å²) in [7, 11) is 0. The van der Waals surface area contributed by atoms with Gasteiger partial charge in [0, 0.05) is 12.6 Å². The summed E-state index contributed by atoms with van der Waals surface area (Å²) in [5.41, 5.74) is 2.63. The topological polar surface area (TPSA) is 41.1 Å². The minimum absolute atomic E-state index is 0.0903. The van der Waals surface area contributed by atoms with Crippen molar-refractivity contribution in [3.63, 3.8) is 0 Å². The molecule has 1 unspecified atom stereocenters. The van der Waals surface area contributed by atoms with Crippen LogP contribution in [-0.2, 0) is 17.8 Å². The Morgan fingerprint density at radius 2 is 1.88 bits per heavy atom. The smallest absolute Gasteiger partial charge is 0.237 e. The maximum atomic E-state index is 12.8. The molecular formula is C21H32N2O. The van der Waals surface area contributed by atoms with Crippen molar-refractivity contribution in [2.75, 3.05) is 0 Å². The van der Waals surface area contributed by atoms with Gasteiger partial charge in [-0.1, -0.05) is 70.2 Å². The number of amides is 1. The zero-order valence-corrected chi connectivity index (χ0v) is 15.2. The first-order chi connectivity index (χ1) is 11.6. The molecule has 1 aliphatic carbocycles. The molecule has 1 amide bonds. The van der Waals surface area contributed by atoms with Crippen molar-refractivity contribution in [1.82, 2.24) is 10.6 Å². The van der Waals surface area contributed by atoms with Gasteiger partial charge in [0.15, 0.2) is 0 Å². The fourth-order valence-electron chi connectivity index (χ4n) is 4.20. The Hall–Kier alpha value is -1.35. The summed E-state index contributed by atoms with van der Waals surface area (Å²) >= 11 is 0. The Bertz CT molecular complexity index is 549. The zero-order chi connectivity index (χ0) is 16.9. The molecule has 3 rings (SSSR count). The summed E-state index contributed by atoms with van der Waals surface area (Å²) in [5, 5.41) is 6.77. The number of benzene rings is 1. The third-order valence-corrected chi connectivity index (χ3v) is 5.84. The number of fused-ring (bicyclic) bond motifs is 1. The molecule has 3 nitrogen and oxygen atoms in total. The lowest BCUT2D eigenvalue weighted by Crippen LogP contribution is -2.52. The first-order valence-corrected chi connectivity index (χ1v) is 9.74. The van der Waals surface area contributed by atoms with Crippen LogP contribution in [-0.4, -0.2) is 18.0 Å². The minimum atomic E-state index is -0.0903. The van der Waals surface area contributed by atoms with Gasteiger partial charge in [0.2, 0.25) is 5.91 Å². The van der Waals surface area contributed by atoms with Gasteiger partial charge in [-0.2, -0.15) is 0 Å². The molecule has 1 heterocycles. The van der Waals surface area contributed by atoms with E-state index in [2.05, 4.69) is 48.7 Å². The Morgan fingerprint density at radius 3 is 2.58 bits per heavy atom. The van der Waals surface area contributed by atoms with Gasteiger partial charge >= 0.3 is 0 Å². The molecule has 0 saturated heterocycles. The van der Waals surface area contributed by atoms with Crippen molar-refractivity contribution in [1.29, 1.82) is 0 Å². The van der Waals surface area contributed by atoms with Crippen LogP contribution in [0.3, 0.4) is 0 Å². The third kappa shape index (κ3) is 4.38. The van der Waals surface area contributed by atoms with E-state index in [0.717, 1.165) is 25.3 Å². The number of nitrogens with one attached hydrogen (secondary N) is 2. The highest BCUT2D eigenvalue weighted by Crippen LogP contribution is 2.29. The van der Waals surface area contributed by atoms with Gasteiger partial charge in [0.1, 0.15) is 0 Å². The number of carbonyl (C=O) groups excluding carboxylic acids is 1. The number of rotatable bonds is 5. The predicted octanol–water partition coefficient (Wildman–Crippen LogP) is 3.81. The molecule has 2 atom stereocenters. The van der Waals surface area contributed by atoms with Crippen molar-refractivity contribution in [3.8, 4) is 0 Å². The van der Waals surface area contributed by atoms with E-state index in [1.54, 1.807) is 0 Å². The van der Waals surface area contributed by atoms with E-state index >= 15 is 0 Å². The van der Waals surface area contributed by atoms with Crippen molar-refractivity contribution >= 4 is 5.91 Å². The van der Waals surface area contributed by atoms with Crippen molar-refractivity contribution in [2.45, 2.75) is 77.4 Å². The van der Waals surface area contributed by atoms with Gasteiger partial charge in [0.05, 0.1) is 6.04 Å². The predicted molar refractivity (Wildman–Crippen MR) is 98.7 cm³/mol. The van der Waals surface area contributed by atoms with Crippen LogP contribution in [0.1, 0.15) is 63.5 Å². The van der Waals surface area contributed by atoms with Crippen molar-refractivity contribution < 1.29 is 4.79 Å². The Kier molecular flexibility index (Phi) is 5.94. The monoisotopic (exact) mass is 328 g/mol. The average molecular weight is 329 g/mol. The van der Waals surface area contributed by atoms with E-state index in [0.29, 0.717) is 12.0 Å². The summed E-state index contributed by atoms with van der Waals surface area (Å²) in [4.78, 5) is 12.8. The van der Waals surface area contributed by atoms with Crippen molar-refractivity contribution in [3.05, 3.63) is 35.4 Å². The van der Waals surface area contributed by atoms with E-state index in [1.807, 2.05) is 0 Å². The van der Waals surface area contributed by atoms with Crippen LogP contribution in [0.5, 0.6) is 0 Å². The van der Waals surface area contributed by atoms with Crippen LogP contribution in [0.15, 0.2) is 24.3 Å². The molecular weight excluding hydrogens is 296 g/mol. The molecule has 2 aliphatic rings. The first-order valence-electron chi connectivity index (χ1n) is 9.74. The van der Waals surface area contributed by atoms with E-state index in [4.69, 9.17) is 0 Å². The third-order valence-electron chi connectivity index (χ3n) is 5.84. The second kappa shape index (κ2) is 8.15. The maximum absolute atomic E-state index is 12.8. The molecule has 1 aromatic rings. The number of hydrogen-bond donors (Lipinski definition) is 2.